The molecule has 18 heavy (non-hydrogen) atoms. The third-order valence-corrected chi connectivity index (χ3v) is 4.84. The van der Waals surface area contributed by atoms with Crippen LogP contribution in [0.5, 0.6) is 0 Å². The van der Waals surface area contributed by atoms with Gasteiger partial charge in [-0.2, -0.15) is 0 Å². The summed E-state index contributed by atoms with van der Waals surface area (Å²) in [4.78, 5) is 0. The molecule has 0 bridgehead atoms. The van der Waals surface area contributed by atoms with Gasteiger partial charge in [0.1, 0.15) is 0 Å². The largest absolute Gasteiger partial charge is 0.378 e. The number of rotatable bonds is 3. The summed E-state index contributed by atoms with van der Waals surface area (Å²) in [5.41, 5.74) is 1.43. The van der Waals surface area contributed by atoms with Gasteiger partial charge in [0.2, 0.25) is 0 Å². The number of nitrogens with one attached hydrogen (secondary N) is 1. The van der Waals surface area contributed by atoms with E-state index in [1.165, 1.54) is 15.6 Å². The molecule has 0 amide bonds. The number of thiophene rings is 1. The van der Waals surface area contributed by atoms with E-state index < -0.39 is 0 Å². The predicted molar refractivity (Wildman–Crippen MR) is 77.1 cm³/mol. The highest BCUT2D eigenvalue weighted by atomic mass is 32.1. The molecule has 1 fully saturated rings. The molecule has 0 spiro atoms. The van der Waals surface area contributed by atoms with Crippen molar-refractivity contribution in [2.45, 2.75) is 25.5 Å². The van der Waals surface area contributed by atoms with E-state index in [2.05, 4.69) is 48.9 Å². The van der Waals surface area contributed by atoms with Crippen LogP contribution in [0.15, 0.2) is 29.6 Å². The molecule has 1 aromatic carbocycles. The molecule has 0 radical (unpaired) electrons. The summed E-state index contributed by atoms with van der Waals surface area (Å²) < 4.78 is 7.10. The first kappa shape index (κ1) is 12.2. The van der Waals surface area contributed by atoms with E-state index in [9.17, 15) is 0 Å². The maximum atomic E-state index is 5.72. The first-order valence-electron chi connectivity index (χ1n) is 6.54. The van der Waals surface area contributed by atoms with Gasteiger partial charge in [0.15, 0.2) is 0 Å². The van der Waals surface area contributed by atoms with Crippen molar-refractivity contribution in [3.8, 4) is 0 Å². The summed E-state index contributed by atoms with van der Waals surface area (Å²) in [5, 5.41) is 7.18. The lowest BCUT2D eigenvalue weighted by molar-refractivity contribution is 0.117. The smallest absolute Gasteiger partial charge is 0.0551 e. The third kappa shape index (κ3) is 2.07. The first-order chi connectivity index (χ1) is 8.79. The molecule has 2 nitrogen and oxygen atoms in total. The van der Waals surface area contributed by atoms with Crippen molar-refractivity contribution in [2.24, 2.45) is 5.92 Å². The zero-order valence-corrected chi connectivity index (χ0v) is 11.7. The van der Waals surface area contributed by atoms with Crippen LogP contribution in [-0.2, 0) is 4.74 Å². The van der Waals surface area contributed by atoms with Crippen LogP contribution in [0, 0.1) is 5.92 Å². The van der Waals surface area contributed by atoms with Gasteiger partial charge in [0.25, 0.3) is 0 Å². The fourth-order valence-corrected chi connectivity index (χ4v) is 3.96. The Hall–Kier alpha value is -0.900. The van der Waals surface area contributed by atoms with Gasteiger partial charge in [-0.3, -0.25) is 0 Å². The van der Waals surface area contributed by atoms with E-state index >= 15 is 0 Å². The monoisotopic (exact) mass is 261 g/mol. The summed E-state index contributed by atoms with van der Waals surface area (Å²) in [7, 11) is 2.06. The summed E-state index contributed by atoms with van der Waals surface area (Å²) in [6, 6.07) is 9.07. The second-order valence-corrected chi connectivity index (χ2v) is 6.00. The first-order valence-corrected chi connectivity index (χ1v) is 7.42. The standard InChI is InChI=1S/C15H19NOS/c1-10-7-11(8-17-10)15(16-2)13-9-18-14-6-4-3-5-12(13)14/h3-6,9-11,15-16H,7-8H2,1-2H3. The van der Waals surface area contributed by atoms with Crippen LogP contribution in [0.4, 0.5) is 0 Å². The second-order valence-electron chi connectivity index (χ2n) is 5.09. The fourth-order valence-electron chi connectivity index (χ4n) is 2.97. The number of hydrogen-bond acceptors (Lipinski definition) is 3. The highest BCUT2D eigenvalue weighted by Gasteiger charge is 2.30. The molecular formula is C15H19NOS. The lowest BCUT2D eigenvalue weighted by atomic mass is 9.91. The Labute approximate surface area is 112 Å². The van der Waals surface area contributed by atoms with Gasteiger partial charge >= 0.3 is 0 Å². The topological polar surface area (TPSA) is 21.3 Å². The van der Waals surface area contributed by atoms with E-state index in [0.717, 1.165) is 13.0 Å². The van der Waals surface area contributed by atoms with Gasteiger partial charge in [0.05, 0.1) is 12.7 Å². The number of fused-ring (bicyclic) bond motifs is 1. The van der Waals surface area contributed by atoms with Crippen molar-refractivity contribution in [3.05, 3.63) is 35.2 Å². The van der Waals surface area contributed by atoms with Crippen LogP contribution in [0.2, 0.25) is 0 Å². The van der Waals surface area contributed by atoms with Crippen LogP contribution >= 0.6 is 11.3 Å². The average Bonchev–Trinajstić information content (AvgIpc) is 2.98. The maximum absolute atomic E-state index is 5.72. The zero-order valence-electron chi connectivity index (χ0n) is 10.8. The summed E-state index contributed by atoms with van der Waals surface area (Å²) >= 11 is 1.84. The summed E-state index contributed by atoms with van der Waals surface area (Å²) in [6.45, 7) is 3.04. The predicted octanol–water partition coefficient (Wildman–Crippen LogP) is 3.59. The third-order valence-electron chi connectivity index (χ3n) is 3.86. The molecule has 1 aromatic heterocycles. The molecule has 1 aliphatic rings. The van der Waals surface area contributed by atoms with Crippen molar-refractivity contribution in [1.82, 2.24) is 5.32 Å². The highest BCUT2D eigenvalue weighted by Crippen LogP contribution is 2.37. The number of ether oxygens (including phenoxy) is 1. The van der Waals surface area contributed by atoms with Crippen molar-refractivity contribution < 1.29 is 4.74 Å². The van der Waals surface area contributed by atoms with Crippen LogP contribution in [-0.4, -0.2) is 19.8 Å². The Morgan fingerprint density at radius 3 is 2.94 bits per heavy atom. The van der Waals surface area contributed by atoms with Gasteiger partial charge in [-0.25, -0.2) is 0 Å². The normalized spacial score (nSPS) is 25.7. The lowest BCUT2D eigenvalue weighted by Gasteiger charge is -2.21. The molecule has 96 valence electrons. The Kier molecular flexibility index (Phi) is 3.37. The SMILES string of the molecule is CNC(c1csc2ccccc12)C1COC(C)C1. The van der Waals surface area contributed by atoms with Gasteiger partial charge in [0, 0.05) is 16.7 Å². The quantitative estimate of drug-likeness (QED) is 0.911. The fraction of sp³-hybridized carbons (Fsp3) is 0.467. The molecule has 0 aliphatic carbocycles. The minimum atomic E-state index is 0.399. The van der Waals surface area contributed by atoms with E-state index in [1.807, 2.05) is 11.3 Å². The molecule has 0 saturated carbocycles. The highest BCUT2D eigenvalue weighted by molar-refractivity contribution is 7.17. The van der Waals surface area contributed by atoms with Gasteiger partial charge in [-0.1, -0.05) is 18.2 Å². The molecule has 3 rings (SSSR count). The molecular weight excluding hydrogens is 242 g/mol. The molecule has 1 N–H and O–H groups in total. The van der Waals surface area contributed by atoms with E-state index in [4.69, 9.17) is 4.74 Å². The Bertz CT molecular complexity index is 536. The van der Waals surface area contributed by atoms with Gasteiger partial charge < -0.3 is 10.1 Å². The van der Waals surface area contributed by atoms with Crippen molar-refractivity contribution in [2.75, 3.05) is 13.7 Å². The number of benzene rings is 1. The van der Waals surface area contributed by atoms with Crippen molar-refractivity contribution >= 4 is 21.4 Å². The summed E-state index contributed by atoms with van der Waals surface area (Å²) in [6.07, 6.45) is 1.55. The van der Waals surface area contributed by atoms with Crippen LogP contribution in [0.3, 0.4) is 0 Å². The minimum absolute atomic E-state index is 0.399. The molecule has 3 heteroatoms. The van der Waals surface area contributed by atoms with Gasteiger partial charge in [-0.05, 0) is 42.8 Å². The van der Waals surface area contributed by atoms with E-state index in [0.29, 0.717) is 18.1 Å². The molecule has 1 aliphatic heterocycles. The van der Waals surface area contributed by atoms with Crippen LogP contribution < -0.4 is 5.32 Å². The van der Waals surface area contributed by atoms with E-state index in [-0.39, 0.29) is 0 Å². The molecule has 2 heterocycles. The average molecular weight is 261 g/mol. The lowest BCUT2D eigenvalue weighted by Crippen LogP contribution is -2.25. The Morgan fingerprint density at radius 1 is 1.39 bits per heavy atom. The van der Waals surface area contributed by atoms with Crippen molar-refractivity contribution in [1.29, 1.82) is 0 Å². The van der Waals surface area contributed by atoms with E-state index in [1.54, 1.807) is 0 Å². The van der Waals surface area contributed by atoms with Gasteiger partial charge in [-0.15, -0.1) is 11.3 Å². The second kappa shape index (κ2) is 5.00. The van der Waals surface area contributed by atoms with Crippen LogP contribution in [0.25, 0.3) is 10.1 Å². The minimum Gasteiger partial charge on any atom is -0.378 e. The Balaban J connectivity index is 1.96. The molecule has 3 unspecified atom stereocenters. The van der Waals surface area contributed by atoms with Crippen LogP contribution in [0.1, 0.15) is 24.9 Å². The molecule has 3 atom stereocenters. The molecule has 1 saturated heterocycles. The maximum Gasteiger partial charge on any atom is 0.0551 e. The Morgan fingerprint density at radius 2 is 2.22 bits per heavy atom. The number of hydrogen-bond donors (Lipinski definition) is 1. The molecule has 2 aromatic rings. The summed E-state index contributed by atoms with van der Waals surface area (Å²) in [5.74, 6) is 0.586. The zero-order chi connectivity index (χ0) is 12.5. The van der Waals surface area contributed by atoms with Crippen molar-refractivity contribution in [3.63, 3.8) is 0 Å².